The lowest BCUT2D eigenvalue weighted by atomic mass is 9.95. The van der Waals surface area contributed by atoms with Gasteiger partial charge >= 0.3 is 5.97 Å². The van der Waals surface area contributed by atoms with Gasteiger partial charge in [0.2, 0.25) is 0 Å². The molecule has 1 aromatic heterocycles. The molecule has 2 atom stereocenters. The van der Waals surface area contributed by atoms with Crippen LogP contribution in [0.15, 0.2) is 12.3 Å². The van der Waals surface area contributed by atoms with Crippen molar-refractivity contribution in [2.75, 3.05) is 37.4 Å². The maximum atomic E-state index is 12.1. The van der Waals surface area contributed by atoms with Gasteiger partial charge in [0.05, 0.1) is 24.6 Å². The van der Waals surface area contributed by atoms with Gasteiger partial charge in [0, 0.05) is 20.2 Å². The van der Waals surface area contributed by atoms with Crippen LogP contribution in [0, 0.1) is 5.92 Å². The Labute approximate surface area is 125 Å². The van der Waals surface area contributed by atoms with Gasteiger partial charge in [0.1, 0.15) is 11.4 Å². The zero-order chi connectivity index (χ0) is 15.4. The molecule has 0 radical (unpaired) electrons. The third-order valence-electron chi connectivity index (χ3n) is 3.87. The molecule has 2 heterocycles. The molecule has 0 aromatic carbocycles. The second-order valence-corrected chi connectivity index (χ2v) is 5.35. The van der Waals surface area contributed by atoms with Crippen molar-refractivity contribution in [2.24, 2.45) is 5.92 Å². The molecule has 0 aliphatic carbocycles. The molecule has 1 aliphatic rings. The number of aromatic nitrogens is 1. The second-order valence-electron chi connectivity index (χ2n) is 5.35. The third-order valence-corrected chi connectivity index (χ3v) is 3.87. The van der Waals surface area contributed by atoms with Crippen molar-refractivity contribution in [1.82, 2.24) is 4.98 Å². The lowest BCUT2D eigenvalue weighted by molar-refractivity contribution is 0.0484. The summed E-state index contributed by atoms with van der Waals surface area (Å²) in [5, 5.41) is 0. The fourth-order valence-electron chi connectivity index (χ4n) is 2.62. The third kappa shape index (κ3) is 3.44. The van der Waals surface area contributed by atoms with E-state index in [0.717, 1.165) is 13.0 Å². The molecule has 6 nitrogen and oxygen atoms in total. The largest absolute Gasteiger partial charge is 0.462 e. The number of carbonyl (C=O) groups excluding carboxylic acids is 1. The number of nitrogens with zero attached hydrogens (tertiary/aromatic N) is 2. The molecule has 0 spiro atoms. The number of methoxy groups -OCH3 is 1. The smallest absolute Gasteiger partial charge is 0.341 e. The van der Waals surface area contributed by atoms with Gasteiger partial charge in [-0.2, -0.15) is 0 Å². The average Bonchev–Trinajstić information content (AvgIpc) is 2.48. The van der Waals surface area contributed by atoms with E-state index in [4.69, 9.17) is 15.2 Å². The summed E-state index contributed by atoms with van der Waals surface area (Å²) in [4.78, 5) is 18.5. The van der Waals surface area contributed by atoms with Gasteiger partial charge in [-0.1, -0.05) is 6.92 Å². The van der Waals surface area contributed by atoms with Crippen LogP contribution >= 0.6 is 0 Å². The predicted octanol–water partition coefficient (Wildman–Crippen LogP) is 1.70. The number of nitrogen functional groups attached to an aromatic ring is 1. The number of carbonyl (C=O) groups is 1. The summed E-state index contributed by atoms with van der Waals surface area (Å²) in [6, 6.07) is 1.63. The minimum absolute atomic E-state index is 0.133. The van der Waals surface area contributed by atoms with Crippen LogP contribution < -0.4 is 10.6 Å². The maximum Gasteiger partial charge on any atom is 0.341 e. The van der Waals surface area contributed by atoms with Crippen LogP contribution in [0.25, 0.3) is 0 Å². The van der Waals surface area contributed by atoms with E-state index in [1.807, 2.05) is 0 Å². The molecule has 0 amide bonds. The molecular formula is C15H23N3O3. The molecule has 1 fully saturated rings. The fourth-order valence-corrected chi connectivity index (χ4v) is 2.62. The minimum Gasteiger partial charge on any atom is -0.462 e. The molecule has 2 N–H and O–H groups in total. The van der Waals surface area contributed by atoms with E-state index >= 15 is 0 Å². The Kier molecular flexibility index (Phi) is 5.01. The summed E-state index contributed by atoms with van der Waals surface area (Å²) >= 11 is 0. The Morgan fingerprint density at radius 2 is 2.33 bits per heavy atom. The zero-order valence-corrected chi connectivity index (χ0v) is 12.8. The average molecular weight is 293 g/mol. The van der Waals surface area contributed by atoms with E-state index in [9.17, 15) is 4.79 Å². The summed E-state index contributed by atoms with van der Waals surface area (Å²) in [7, 11) is 1.72. The summed E-state index contributed by atoms with van der Waals surface area (Å²) in [6.45, 7) is 5.82. The first kappa shape index (κ1) is 15.6. The van der Waals surface area contributed by atoms with Crippen LogP contribution in [0.2, 0.25) is 0 Å². The number of nitrogens with two attached hydrogens (primary N) is 1. The highest BCUT2D eigenvalue weighted by atomic mass is 16.5. The number of ether oxygens (including phenoxy) is 2. The molecule has 0 saturated carbocycles. The van der Waals surface area contributed by atoms with Gasteiger partial charge in [0.15, 0.2) is 0 Å². The zero-order valence-electron chi connectivity index (χ0n) is 12.8. The fraction of sp³-hybridized carbons (Fsp3) is 0.600. The molecule has 21 heavy (non-hydrogen) atoms. The van der Waals surface area contributed by atoms with Gasteiger partial charge in [-0.05, 0) is 25.3 Å². The standard InChI is InChI=1S/C15H23N3O3/c1-4-21-15(19)12-7-11(16)8-17-14(12)18-6-5-10(2)13(9-18)20-3/h7-8,10,13H,4-6,9,16H2,1-3H3. The highest BCUT2D eigenvalue weighted by molar-refractivity contribution is 5.95. The number of hydrogen-bond donors (Lipinski definition) is 1. The van der Waals surface area contributed by atoms with E-state index in [0.29, 0.717) is 36.1 Å². The SMILES string of the molecule is CCOC(=O)c1cc(N)cnc1N1CCC(C)C(OC)C1. The van der Waals surface area contributed by atoms with Gasteiger partial charge in [-0.15, -0.1) is 0 Å². The van der Waals surface area contributed by atoms with Crippen LogP contribution in [-0.4, -0.2) is 43.9 Å². The summed E-state index contributed by atoms with van der Waals surface area (Å²) < 4.78 is 10.6. The van der Waals surface area contributed by atoms with Crippen molar-refractivity contribution in [3.8, 4) is 0 Å². The molecule has 6 heteroatoms. The Hall–Kier alpha value is -1.82. The quantitative estimate of drug-likeness (QED) is 0.851. The van der Waals surface area contributed by atoms with Gasteiger partial charge in [-0.3, -0.25) is 0 Å². The van der Waals surface area contributed by atoms with Gasteiger partial charge in [0.25, 0.3) is 0 Å². The highest BCUT2D eigenvalue weighted by Crippen LogP contribution is 2.27. The van der Waals surface area contributed by atoms with Gasteiger partial charge < -0.3 is 20.1 Å². The number of hydrogen-bond acceptors (Lipinski definition) is 6. The number of piperidine rings is 1. The predicted molar refractivity (Wildman–Crippen MR) is 81.4 cm³/mol. The molecule has 1 aliphatic heterocycles. The number of anilines is 2. The monoisotopic (exact) mass is 293 g/mol. The molecule has 2 unspecified atom stereocenters. The first-order chi connectivity index (χ1) is 10.1. The van der Waals surface area contributed by atoms with E-state index in [1.165, 1.54) is 0 Å². The van der Waals surface area contributed by atoms with Crippen molar-refractivity contribution in [1.29, 1.82) is 0 Å². The van der Waals surface area contributed by atoms with Crippen molar-refractivity contribution in [2.45, 2.75) is 26.4 Å². The highest BCUT2D eigenvalue weighted by Gasteiger charge is 2.29. The maximum absolute atomic E-state index is 12.1. The van der Waals surface area contributed by atoms with E-state index in [1.54, 1.807) is 26.3 Å². The van der Waals surface area contributed by atoms with Crippen LogP contribution in [0.4, 0.5) is 11.5 Å². The first-order valence-electron chi connectivity index (χ1n) is 7.27. The molecule has 116 valence electrons. The summed E-state index contributed by atoms with van der Waals surface area (Å²) in [5.41, 5.74) is 6.62. The second kappa shape index (κ2) is 6.76. The Morgan fingerprint density at radius 1 is 1.57 bits per heavy atom. The van der Waals surface area contributed by atoms with Crippen LogP contribution in [-0.2, 0) is 9.47 Å². The van der Waals surface area contributed by atoms with E-state index < -0.39 is 0 Å². The van der Waals surface area contributed by atoms with E-state index in [2.05, 4.69) is 16.8 Å². The van der Waals surface area contributed by atoms with Crippen LogP contribution in [0.3, 0.4) is 0 Å². The molecule has 0 bridgehead atoms. The Morgan fingerprint density at radius 3 is 3.00 bits per heavy atom. The number of esters is 1. The van der Waals surface area contributed by atoms with Crippen LogP contribution in [0.5, 0.6) is 0 Å². The molecule has 2 rings (SSSR count). The number of rotatable bonds is 4. The molecular weight excluding hydrogens is 270 g/mol. The van der Waals surface area contributed by atoms with Gasteiger partial charge in [-0.25, -0.2) is 9.78 Å². The lowest BCUT2D eigenvalue weighted by Gasteiger charge is -2.37. The first-order valence-corrected chi connectivity index (χ1v) is 7.27. The Balaban J connectivity index is 2.28. The van der Waals surface area contributed by atoms with E-state index in [-0.39, 0.29) is 12.1 Å². The number of pyridine rings is 1. The van der Waals surface area contributed by atoms with Crippen molar-refractivity contribution in [3.63, 3.8) is 0 Å². The summed E-state index contributed by atoms with van der Waals surface area (Å²) in [6.07, 6.45) is 2.69. The van der Waals surface area contributed by atoms with Crippen molar-refractivity contribution >= 4 is 17.5 Å². The molecule has 1 aromatic rings. The van der Waals surface area contributed by atoms with Crippen molar-refractivity contribution in [3.05, 3.63) is 17.8 Å². The summed E-state index contributed by atoms with van der Waals surface area (Å²) in [5.74, 6) is 0.725. The molecule has 1 saturated heterocycles. The lowest BCUT2D eigenvalue weighted by Crippen LogP contribution is -2.44. The Bertz CT molecular complexity index is 507. The van der Waals surface area contributed by atoms with Crippen molar-refractivity contribution < 1.29 is 14.3 Å². The minimum atomic E-state index is -0.389. The van der Waals surface area contributed by atoms with Crippen LogP contribution in [0.1, 0.15) is 30.6 Å². The normalized spacial score (nSPS) is 22.1. The topological polar surface area (TPSA) is 77.7 Å².